The first-order valence-corrected chi connectivity index (χ1v) is 5.52. The maximum absolute atomic E-state index is 11.9. The number of carbonyl (C=O) groups is 1. The van der Waals surface area contributed by atoms with Crippen molar-refractivity contribution < 1.29 is 9.21 Å². The molecule has 0 amide bonds. The molecule has 15 heavy (non-hydrogen) atoms. The molecule has 2 heterocycles. The minimum atomic E-state index is 0.0913. The highest BCUT2D eigenvalue weighted by molar-refractivity contribution is 7.09. The van der Waals surface area contributed by atoms with Crippen LogP contribution in [0.3, 0.4) is 0 Å². The van der Waals surface area contributed by atoms with Crippen LogP contribution in [-0.4, -0.2) is 10.8 Å². The lowest BCUT2D eigenvalue weighted by Crippen LogP contribution is -2.02. The molecule has 0 aromatic carbocycles. The molecular formula is C11H11NO2S. The smallest absolute Gasteiger partial charge is 0.171 e. The lowest BCUT2D eigenvalue weighted by Gasteiger charge is -1.95. The number of thiazole rings is 1. The summed E-state index contributed by atoms with van der Waals surface area (Å²) < 4.78 is 5.32. The Hall–Kier alpha value is -1.42. The molecule has 3 nitrogen and oxygen atoms in total. The van der Waals surface area contributed by atoms with Gasteiger partial charge in [0.1, 0.15) is 11.5 Å². The van der Waals surface area contributed by atoms with Crippen molar-refractivity contribution in [3.8, 4) is 0 Å². The predicted octanol–water partition coefficient (Wildman–Crippen LogP) is 2.78. The molecule has 2 rings (SSSR count). The zero-order valence-corrected chi connectivity index (χ0v) is 9.43. The van der Waals surface area contributed by atoms with Crippen molar-refractivity contribution in [1.82, 2.24) is 4.98 Å². The maximum atomic E-state index is 11.9. The molecule has 0 bridgehead atoms. The summed E-state index contributed by atoms with van der Waals surface area (Å²) in [6.07, 6.45) is 2.13. The molecule has 0 spiro atoms. The molecule has 0 saturated carbocycles. The van der Waals surface area contributed by atoms with Crippen molar-refractivity contribution in [2.75, 3.05) is 0 Å². The Bertz CT molecular complexity index is 471. The van der Waals surface area contributed by atoms with Crippen molar-refractivity contribution in [3.05, 3.63) is 39.7 Å². The van der Waals surface area contributed by atoms with Crippen LogP contribution in [-0.2, 0) is 6.42 Å². The number of hydrogen-bond acceptors (Lipinski definition) is 4. The minimum Gasteiger partial charge on any atom is -0.466 e. The molecule has 0 aliphatic heterocycles. The number of carbonyl (C=O) groups excluding carboxylic acids is 1. The number of hydrogen-bond donors (Lipinski definition) is 0. The number of aryl methyl sites for hydroxylation is 2. The van der Waals surface area contributed by atoms with Gasteiger partial charge in [0, 0.05) is 17.5 Å². The first kappa shape index (κ1) is 10.1. The third-order valence-corrected chi connectivity index (χ3v) is 2.94. The van der Waals surface area contributed by atoms with Gasteiger partial charge in [-0.25, -0.2) is 0 Å². The summed E-state index contributed by atoms with van der Waals surface area (Å²) in [4.78, 5) is 16.8. The number of nitrogens with zero attached hydrogens (tertiary/aromatic N) is 1. The zero-order chi connectivity index (χ0) is 10.8. The van der Waals surface area contributed by atoms with Crippen LogP contribution in [0.15, 0.2) is 22.2 Å². The Balaban J connectivity index is 2.18. The average molecular weight is 221 g/mol. The van der Waals surface area contributed by atoms with Crippen molar-refractivity contribution in [2.45, 2.75) is 20.3 Å². The highest BCUT2D eigenvalue weighted by Crippen LogP contribution is 2.17. The summed E-state index contributed by atoms with van der Waals surface area (Å²) in [5.41, 5.74) is 2.41. The van der Waals surface area contributed by atoms with E-state index in [1.807, 2.05) is 13.8 Å². The molecule has 0 atom stereocenters. The molecule has 0 unspecified atom stereocenters. The third-order valence-electron chi connectivity index (χ3n) is 2.16. The molecule has 0 saturated heterocycles. The maximum Gasteiger partial charge on any atom is 0.171 e. The molecule has 4 heteroatoms. The van der Waals surface area contributed by atoms with E-state index in [1.54, 1.807) is 17.8 Å². The van der Waals surface area contributed by atoms with E-state index in [0.717, 1.165) is 10.6 Å². The van der Waals surface area contributed by atoms with E-state index in [1.165, 1.54) is 11.3 Å². The van der Waals surface area contributed by atoms with Gasteiger partial charge in [0.25, 0.3) is 0 Å². The van der Waals surface area contributed by atoms with Crippen LogP contribution in [0.2, 0.25) is 0 Å². The Morgan fingerprint density at radius 1 is 1.53 bits per heavy atom. The van der Waals surface area contributed by atoms with Crippen LogP contribution in [0.1, 0.15) is 26.8 Å². The first-order chi connectivity index (χ1) is 7.16. The van der Waals surface area contributed by atoms with Gasteiger partial charge in [-0.1, -0.05) is 0 Å². The second kappa shape index (κ2) is 3.98. The molecule has 2 aromatic heterocycles. The van der Waals surface area contributed by atoms with Crippen molar-refractivity contribution in [3.63, 3.8) is 0 Å². The van der Waals surface area contributed by atoms with Gasteiger partial charge in [-0.2, -0.15) is 0 Å². The fourth-order valence-electron chi connectivity index (χ4n) is 1.49. The summed E-state index contributed by atoms with van der Waals surface area (Å²) in [6.45, 7) is 3.66. The molecule has 78 valence electrons. The second-order valence-electron chi connectivity index (χ2n) is 3.39. The van der Waals surface area contributed by atoms with Crippen molar-refractivity contribution >= 4 is 17.1 Å². The summed E-state index contributed by atoms with van der Waals surface area (Å²) >= 11 is 1.50. The summed E-state index contributed by atoms with van der Waals surface area (Å²) in [7, 11) is 0. The van der Waals surface area contributed by atoms with Crippen LogP contribution in [0.5, 0.6) is 0 Å². The summed E-state index contributed by atoms with van der Waals surface area (Å²) in [5, 5.41) is 0. The summed E-state index contributed by atoms with van der Waals surface area (Å²) in [6, 6.07) is 1.79. The molecule has 2 aromatic rings. The lowest BCUT2D eigenvalue weighted by molar-refractivity contribution is 0.0992. The van der Waals surface area contributed by atoms with Crippen molar-refractivity contribution in [2.24, 2.45) is 0 Å². The highest BCUT2D eigenvalue weighted by Gasteiger charge is 2.14. The van der Waals surface area contributed by atoms with Gasteiger partial charge in [0.2, 0.25) is 0 Å². The van der Waals surface area contributed by atoms with Gasteiger partial charge in [0.05, 0.1) is 11.1 Å². The van der Waals surface area contributed by atoms with Gasteiger partial charge < -0.3 is 4.42 Å². The van der Waals surface area contributed by atoms with E-state index in [2.05, 4.69) is 4.98 Å². The number of furan rings is 1. The fourth-order valence-corrected chi connectivity index (χ4v) is 2.08. The molecule has 0 fully saturated rings. The Morgan fingerprint density at radius 3 is 2.87 bits per heavy atom. The number of aromatic nitrogens is 1. The van der Waals surface area contributed by atoms with Gasteiger partial charge in [-0.3, -0.25) is 9.78 Å². The second-order valence-corrected chi connectivity index (χ2v) is 4.37. The number of Topliss-reactive ketones (excluding diaryl/α,β-unsaturated/α-hetero) is 1. The lowest BCUT2D eigenvalue weighted by atomic mass is 10.1. The SMILES string of the molecule is Cc1cc(C(=O)Cc2cncs2)c(C)o1. The standard InChI is InChI=1S/C11H11NO2S/c1-7-3-10(8(2)14-7)11(13)4-9-5-12-6-15-9/h3,5-6H,4H2,1-2H3. The van der Waals surface area contributed by atoms with Gasteiger partial charge in [0.15, 0.2) is 5.78 Å². The van der Waals surface area contributed by atoms with Crippen LogP contribution >= 0.6 is 11.3 Å². The third kappa shape index (κ3) is 2.15. The molecule has 0 aliphatic carbocycles. The zero-order valence-electron chi connectivity index (χ0n) is 8.61. The quantitative estimate of drug-likeness (QED) is 0.748. The van der Waals surface area contributed by atoms with Crippen LogP contribution in [0.25, 0.3) is 0 Å². The Labute approximate surface area is 91.8 Å². The largest absolute Gasteiger partial charge is 0.466 e. The normalized spacial score (nSPS) is 10.5. The Kier molecular flexibility index (Phi) is 2.68. The average Bonchev–Trinajstić information content (AvgIpc) is 2.75. The Morgan fingerprint density at radius 2 is 2.33 bits per heavy atom. The molecule has 0 radical (unpaired) electrons. The minimum absolute atomic E-state index is 0.0913. The summed E-state index contributed by atoms with van der Waals surface area (Å²) in [5.74, 6) is 1.57. The topological polar surface area (TPSA) is 43.1 Å². The van der Waals surface area contributed by atoms with E-state index in [-0.39, 0.29) is 5.78 Å². The first-order valence-electron chi connectivity index (χ1n) is 4.64. The number of rotatable bonds is 3. The van der Waals surface area contributed by atoms with Crippen molar-refractivity contribution in [1.29, 1.82) is 0 Å². The van der Waals surface area contributed by atoms with E-state index in [4.69, 9.17) is 4.42 Å². The van der Waals surface area contributed by atoms with Crippen LogP contribution in [0.4, 0.5) is 0 Å². The monoisotopic (exact) mass is 221 g/mol. The van der Waals surface area contributed by atoms with E-state index in [0.29, 0.717) is 17.7 Å². The van der Waals surface area contributed by atoms with E-state index >= 15 is 0 Å². The predicted molar refractivity (Wildman–Crippen MR) is 58.3 cm³/mol. The van der Waals surface area contributed by atoms with Gasteiger partial charge in [-0.15, -0.1) is 11.3 Å². The fraction of sp³-hybridized carbons (Fsp3) is 0.273. The van der Waals surface area contributed by atoms with E-state index in [9.17, 15) is 4.79 Å². The number of ketones is 1. The van der Waals surface area contributed by atoms with Crippen LogP contribution < -0.4 is 0 Å². The van der Waals surface area contributed by atoms with E-state index < -0.39 is 0 Å². The molecule has 0 aliphatic rings. The van der Waals surface area contributed by atoms with Gasteiger partial charge >= 0.3 is 0 Å². The highest BCUT2D eigenvalue weighted by atomic mass is 32.1. The van der Waals surface area contributed by atoms with Crippen LogP contribution in [0, 0.1) is 13.8 Å². The van der Waals surface area contributed by atoms with Gasteiger partial charge in [-0.05, 0) is 19.9 Å². The molecule has 0 N–H and O–H groups in total. The molecular weight excluding hydrogens is 210 g/mol.